The van der Waals surface area contributed by atoms with Crippen LogP contribution < -0.4 is 4.74 Å². The number of aromatic nitrogens is 1. The average molecular weight is 366 g/mol. The fourth-order valence-electron chi connectivity index (χ4n) is 3.32. The number of thioether (sulfide) groups is 1. The van der Waals surface area contributed by atoms with Crippen molar-refractivity contribution < 1.29 is 14.3 Å². The molecule has 4 rings (SSSR count). The standard InChI is InChI=1S/C20H18N2O3S/c1-21-19(23)18(26-20(21)24)15-7-5-8-16-14(15)10-11-22(16)12-13-6-3-4-9-17(13)25-2/h3-11,18H,12H2,1-2H3. The van der Waals surface area contributed by atoms with Gasteiger partial charge in [-0.2, -0.15) is 0 Å². The van der Waals surface area contributed by atoms with E-state index in [9.17, 15) is 9.59 Å². The van der Waals surface area contributed by atoms with E-state index in [4.69, 9.17) is 4.74 Å². The molecule has 6 heteroatoms. The van der Waals surface area contributed by atoms with Gasteiger partial charge in [0.15, 0.2) is 0 Å². The zero-order valence-electron chi connectivity index (χ0n) is 14.5. The molecular weight excluding hydrogens is 348 g/mol. The molecule has 26 heavy (non-hydrogen) atoms. The Labute approximate surface area is 155 Å². The highest BCUT2D eigenvalue weighted by atomic mass is 32.2. The molecule has 3 aromatic rings. The molecule has 1 aliphatic heterocycles. The second-order valence-corrected chi connectivity index (χ2v) is 7.25. The minimum atomic E-state index is -0.474. The van der Waals surface area contributed by atoms with Crippen LogP contribution in [0.2, 0.25) is 0 Å². The first-order valence-corrected chi connectivity index (χ1v) is 9.16. The van der Waals surface area contributed by atoms with Gasteiger partial charge in [-0.1, -0.05) is 30.3 Å². The Bertz CT molecular complexity index is 1010. The zero-order valence-corrected chi connectivity index (χ0v) is 15.3. The molecule has 2 amide bonds. The number of amides is 2. The highest BCUT2D eigenvalue weighted by Gasteiger charge is 2.38. The molecule has 0 N–H and O–H groups in total. The number of likely N-dealkylation sites (N-methyl/N-ethyl adjacent to an activating group) is 1. The Morgan fingerprint density at radius 1 is 1.08 bits per heavy atom. The van der Waals surface area contributed by atoms with Gasteiger partial charge in [0.25, 0.3) is 5.24 Å². The van der Waals surface area contributed by atoms with E-state index in [0.29, 0.717) is 6.54 Å². The van der Waals surface area contributed by atoms with Crippen LogP contribution in [-0.2, 0) is 11.3 Å². The summed E-state index contributed by atoms with van der Waals surface area (Å²) in [6.07, 6.45) is 2.01. The summed E-state index contributed by atoms with van der Waals surface area (Å²) >= 11 is 1.08. The van der Waals surface area contributed by atoms with Gasteiger partial charge in [0.1, 0.15) is 11.0 Å². The van der Waals surface area contributed by atoms with Crippen molar-refractivity contribution in [3.63, 3.8) is 0 Å². The third kappa shape index (κ3) is 2.66. The van der Waals surface area contributed by atoms with E-state index in [2.05, 4.69) is 4.57 Å². The van der Waals surface area contributed by atoms with Crippen molar-refractivity contribution in [2.75, 3.05) is 14.2 Å². The first kappa shape index (κ1) is 16.7. The van der Waals surface area contributed by atoms with Crippen LogP contribution in [0.5, 0.6) is 5.75 Å². The summed E-state index contributed by atoms with van der Waals surface area (Å²) < 4.78 is 7.58. The van der Waals surface area contributed by atoms with Gasteiger partial charge in [-0.25, -0.2) is 0 Å². The van der Waals surface area contributed by atoms with Crippen LogP contribution in [0.25, 0.3) is 10.9 Å². The molecule has 1 atom stereocenters. The molecule has 132 valence electrons. The molecule has 1 aliphatic rings. The SMILES string of the molecule is COc1ccccc1Cn1ccc2c(C3SC(=O)N(C)C3=O)cccc21. The molecule has 0 saturated carbocycles. The number of fused-ring (bicyclic) bond motifs is 1. The van der Waals surface area contributed by atoms with Gasteiger partial charge >= 0.3 is 0 Å². The Morgan fingerprint density at radius 3 is 2.62 bits per heavy atom. The fraction of sp³-hybridized carbons (Fsp3) is 0.200. The normalized spacial score (nSPS) is 17.3. The monoisotopic (exact) mass is 366 g/mol. The maximum Gasteiger partial charge on any atom is 0.289 e. The van der Waals surface area contributed by atoms with Crippen LogP contribution >= 0.6 is 11.8 Å². The second-order valence-electron chi connectivity index (χ2n) is 6.20. The predicted molar refractivity (Wildman–Crippen MR) is 103 cm³/mol. The largest absolute Gasteiger partial charge is 0.496 e. The number of para-hydroxylation sites is 1. The third-order valence-corrected chi connectivity index (χ3v) is 5.88. The number of hydrogen-bond donors (Lipinski definition) is 0. The van der Waals surface area contributed by atoms with Crippen LogP contribution in [0.15, 0.2) is 54.7 Å². The van der Waals surface area contributed by atoms with Gasteiger partial charge in [0.05, 0.1) is 13.7 Å². The number of rotatable bonds is 4. The van der Waals surface area contributed by atoms with Crippen molar-refractivity contribution in [2.45, 2.75) is 11.8 Å². The minimum Gasteiger partial charge on any atom is -0.496 e. The first-order chi connectivity index (χ1) is 12.6. The molecule has 1 saturated heterocycles. The Hall–Kier alpha value is -2.73. The van der Waals surface area contributed by atoms with Crippen LogP contribution in [0.1, 0.15) is 16.4 Å². The van der Waals surface area contributed by atoms with Crippen molar-refractivity contribution in [2.24, 2.45) is 0 Å². The molecule has 1 aromatic heterocycles. The molecule has 2 heterocycles. The van der Waals surface area contributed by atoms with Crippen LogP contribution in [0.4, 0.5) is 4.79 Å². The number of ether oxygens (including phenoxy) is 1. The summed E-state index contributed by atoms with van der Waals surface area (Å²) in [7, 11) is 3.20. The summed E-state index contributed by atoms with van der Waals surface area (Å²) in [5.74, 6) is 0.684. The molecule has 0 radical (unpaired) electrons. The minimum absolute atomic E-state index is 0.162. The lowest BCUT2D eigenvalue weighted by atomic mass is 10.1. The Morgan fingerprint density at radius 2 is 1.88 bits per heavy atom. The summed E-state index contributed by atoms with van der Waals surface area (Å²) in [4.78, 5) is 25.5. The number of imide groups is 1. The third-order valence-electron chi connectivity index (χ3n) is 4.71. The smallest absolute Gasteiger partial charge is 0.289 e. The average Bonchev–Trinajstić information content (AvgIpc) is 3.18. The molecule has 0 spiro atoms. The van der Waals surface area contributed by atoms with E-state index in [1.54, 1.807) is 7.11 Å². The predicted octanol–water partition coefficient (Wildman–Crippen LogP) is 4.06. The van der Waals surface area contributed by atoms with E-state index in [0.717, 1.165) is 39.5 Å². The number of carbonyl (C=O) groups is 2. The number of nitrogens with zero attached hydrogens (tertiary/aromatic N) is 2. The summed E-state index contributed by atoms with van der Waals surface area (Å²) in [6, 6.07) is 15.8. The van der Waals surface area contributed by atoms with E-state index in [1.165, 1.54) is 11.9 Å². The van der Waals surface area contributed by atoms with Gasteiger partial charge < -0.3 is 9.30 Å². The van der Waals surface area contributed by atoms with Crippen LogP contribution in [0, 0.1) is 0 Å². The van der Waals surface area contributed by atoms with E-state index in [1.807, 2.05) is 54.7 Å². The van der Waals surface area contributed by atoms with Crippen molar-refractivity contribution in [3.8, 4) is 5.75 Å². The van der Waals surface area contributed by atoms with Gasteiger partial charge in [0, 0.05) is 29.7 Å². The lowest BCUT2D eigenvalue weighted by Crippen LogP contribution is -2.24. The summed E-state index contributed by atoms with van der Waals surface area (Å²) in [5.41, 5.74) is 3.00. The van der Waals surface area contributed by atoms with Gasteiger partial charge in [-0.05, 0) is 35.5 Å². The van der Waals surface area contributed by atoms with Crippen LogP contribution in [-0.4, -0.2) is 34.8 Å². The summed E-state index contributed by atoms with van der Waals surface area (Å²) in [6.45, 7) is 0.668. The van der Waals surface area contributed by atoms with Gasteiger partial charge in [0.2, 0.25) is 5.91 Å². The van der Waals surface area contributed by atoms with Gasteiger partial charge in [-0.3, -0.25) is 14.5 Å². The topological polar surface area (TPSA) is 51.5 Å². The molecule has 5 nitrogen and oxygen atoms in total. The number of hydrogen-bond acceptors (Lipinski definition) is 4. The van der Waals surface area contributed by atoms with Crippen molar-refractivity contribution in [1.82, 2.24) is 9.47 Å². The second kappa shape index (κ2) is 6.53. The molecular formula is C20H18N2O3S. The highest BCUT2D eigenvalue weighted by Crippen LogP contribution is 2.41. The molecule has 0 aliphatic carbocycles. The zero-order chi connectivity index (χ0) is 18.3. The maximum atomic E-state index is 12.4. The molecule has 1 unspecified atom stereocenters. The summed E-state index contributed by atoms with van der Waals surface area (Å²) in [5, 5.41) is 0.320. The Balaban J connectivity index is 1.74. The fourth-order valence-corrected chi connectivity index (χ4v) is 4.36. The van der Waals surface area contributed by atoms with E-state index >= 15 is 0 Å². The number of benzene rings is 2. The van der Waals surface area contributed by atoms with E-state index in [-0.39, 0.29) is 11.1 Å². The Kier molecular flexibility index (Phi) is 4.20. The lowest BCUT2D eigenvalue weighted by molar-refractivity contribution is -0.125. The quantitative estimate of drug-likeness (QED) is 0.699. The molecule has 2 aromatic carbocycles. The number of methoxy groups -OCH3 is 1. The maximum absolute atomic E-state index is 12.4. The molecule has 1 fully saturated rings. The molecule has 0 bridgehead atoms. The van der Waals surface area contributed by atoms with Gasteiger partial charge in [-0.15, -0.1) is 0 Å². The van der Waals surface area contributed by atoms with Crippen LogP contribution in [0.3, 0.4) is 0 Å². The van der Waals surface area contributed by atoms with Crippen molar-refractivity contribution in [3.05, 3.63) is 65.9 Å². The van der Waals surface area contributed by atoms with Crippen molar-refractivity contribution in [1.29, 1.82) is 0 Å². The lowest BCUT2D eigenvalue weighted by Gasteiger charge is -2.12. The number of carbonyl (C=O) groups excluding carboxylic acids is 2. The van der Waals surface area contributed by atoms with Crippen molar-refractivity contribution >= 4 is 33.8 Å². The highest BCUT2D eigenvalue weighted by molar-refractivity contribution is 8.15. The van der Waals surface area contributed by atoms with E-state index < -0.39 is 5.25 Å². The first-order valence-electron chi connectivity index (χ1n) is 8.28.